The molecule has 0 aliphatic heterocycles. The van der Waals surface area contributed by atoms with E-state index in [1.54, 1.807) is 41.3 Å². The first-order chi connectivity index (χ1) is 12.9. The number of sulfonamides is 1. The fourth-order valence-corrected chi connectivity index (χ4v) is 5.44. The number of nitrogens with one attached hydrogen (secondary N) is 2. The molecule has 1 saturated carbocycles. The van der Waals surface area contributed by atoms with Crippen LogP contribution in [0.3, 0.4) is 0 Å². The second-order valence-electron chi connectivity index (χ2n) is 6.24. The van der Waals surface area contributed by atoms with Gasteiger partial charge >= 0.3 is 0 Å². The van der Waals surface area contributed by atoms with Crippen LogP contribution in [0, 0.1) is 0 Å². The highest BCUT2D eigenvalue weighted by molar-refractivity contribution is 8.00. The van der Waals surface area contributed by atoms with Crippen LogP contribution in [0.2, 0.25) is 0 Å². The van der Waals surface area contributed by atoms with Crippen molar-refractivity contribution in [3.63, 3.8) is 0 Å². The van der Waals surface area contributed by atoms with Gasteiger partial charge in [-0.05, 0) is 55.5 Å². The third kappa shape index (κ3) is 4.16. The molecule has 4 rings (SSSR count). The highest BCUT2D eigenvalue weighted by Crippen LogP contribution is 2.30. The summed E-state index contributed by atoms with van der Waals surface area (Å²) in [4.78, 5) is 17.2. The summed E-state index contributed by atoms with van der Waals surface area (Å²) < 4.78 is 29.3. The lowest BCUT2D eigenvalue weighted by Crippen LogP contribution is -2.26. The Balaban J connectivity index is 1.55. The maximum Gasteiger partial charge on any atom is 0.255 e. The number of fused-ring (bicyclic) bond motifs is 1. The monoisotopic (exact) mass is 419 g/mol. The van der Waals surface area contributed by atoms with E-state index >= 15 is 0 Å². The molecule has 1 fully saturated rings. The third-order valence-corrected chi connectivity index (χ3v) is 7.63. The van der Waals surface area contributed by atoms with Gasteiger partial charge in [0.05, 0.1) is 15.1 Å². The average molecular weight is 420 g/mol. The predicted octanol–water partition coefficient (Wildman–Crippen LogP) is 3.71. The number of amides is 1. The van der Waals surface area contributed by atoms with Gasteiger partial charge in [-0.1, -0.05) is 17.8 Å². The number of aromatic nitrogens is 1. The van der Waals surface area contributed by atoms with Crippen molar-refractivity contribution < 1.29 is 13.2 Å². The molecule has 2 N–H and O–H groups in total. The van der Waals surface area contributed by atoms with Crippen LogP contribution in [0.5, 0.6) is 0 Å². The number of carbonyl (C=O) groups is 1. The van der Waals surface area contributed by atoms with Gasteiger partial charge in [-0.2, -0.15) is 0 Å². The van der Waals surface area contributed by atoms with Gasteiger partial charge in [-0.3, -0.25) is 4.79 Å². The molecule has 0 saturated heterocycles. The first-order valence-corrected chi connectivity index (χ1v) is 11.9. The molecule has 3 aromatic rings. The van der Waals surface area contributed by atoms with E-state index in [1.807, 2.05) is 18.4 Å². The van der Waals surface area contributed by atoms with Crippen LogP contribution >= 0.6 is 23.1 Å². The van der Waals surface area contributed by atoms with Crippen LogP contribution in [-0.2, 0) is 10.0 Å². The minimum atomic E-state index is -3.59. The largest absolute Gasteiger partial charge is 0.322 e. The van der Waals surface area contributed by atoms with Gasteiger partial charge in [0.25, 0.3) is 5.91 Å². The van der Waals surface area contributed by atoms with Crippen molar-refractivity contribution in [3.05, 3.63) is 48.0 Å². The number of hydrogen-bond donors (Lipinski definition) is 2. The summed E-state index contributed by atoms with van der Waals surface area (Å²) in [6, 6.07) is 11.6. The molecule has 9 heteroatoms. The van der Waals surface area contributed by atoms with E-state index in [2.05, 4.69) is 15.0 Å². The highest BCUT2D eigenvalue weighted by atomic mass is 32.2. The third-order valence-electron chi connectivity index (χ3n) is 4.11. The second kappa shape index (κ2) is 7.23. The zero-order valence-corrected chi connectivity index (χ0v) is 16.9. The number of thioether (sulfide) groups is 1. The van der Waals surface area contributed by atoms with E-state index in [0.29, 0.717) is 11.3 Å². The van der Waals surface area contributed by atoms with Crippen LogP contribution < -0.4 is 10.0 Å². The standard InChI is InChI=1S/C18H17N3O3S3/c1-25-18-20-15-8-7-13(10-16(15)26-18)19-17(22)11-3-2-4-14(9-11)27(23,24)21-12-5-6-12/h2-4,7-10,12,21H,5-6H2,1H3,(H,19,22). The van der Waals surface area contributed by atoms with Crippen molar-refractivity contribution in [3.8, 4) is 0 Å². The normalized spacial score (nSPS) is 14.4. The summed E-state index contributed by atoms with van der Waals surface area (Å²) in [5.41, 5.74) is 1.83. The first-order valence-electron chi connectivity index (χ1n) is 8.33. The minimum absolute atomic E-state index is 0.0183. The van der Waals surface area contributed by atoms with E-state index in [1.165, 1.54) is 12.1 Å². The van der Waals surface area contributed by atoms with Gasteiger partial charge in [0, 0.05) is 17.3 Å². The number of hydrogen-bond acceptors (Lipinski definition) is 6. The quantitative estimate of drug-likeness (QED) is 0.595. The summed E-state index contributed by atoms with van der Waals surface area (Å²) in [5.74, 6) is -0.354. The number of anilines is 1. The van der Waals surface area contributed by atoms with Crippen molar-refractivity contribution in [2.24, 2.45) is 0 Å². The van der Waals surface area contributed by atoms with Crippen LogP contribution in [-0.4, -0.2) is 31.6 Å². The van der Waals surface area contributed by atoms with Crippen LogP contribution in [0.4, 0.5) is 5.69 Å². The second-order valence-corrected chi connectivity index (χ2v) is 10.0. The number of carbonyl (C=O) groups excluding carboxylic acids is 1. The zero-order chi connectivity index (χ0) is 19.0. The molecule has 1 aromatic heterocycles. The fourth-order valence-electron chi connectivity index (χ4n) is 2.56. The Labute approximate surface area is 165 Å². The Bertz CT molecular complexity index is 1120. The van der Waals surface area contributed by atoms with Crippen molar-refractivity contribution in [2.45, 2.75) is 28.1 Å². The van der Waals surface area contributed by atoms with Gasteiger partial charge in [0.15, 0.2) is 4.34 Å². The average Bonchev–Trinajstić information content (AvgIpc) is 3.36. The highest BCUT2D eigenvalue weighted by Gasteiger charge is 2.28. The Morgan fingerprint density at radius 1 is 1.22 bits per heavy atom. The molecule has 0 radical (unpaired) electrons. The summed E-state index contributed by atoms with van der Waals surface area (Å²) in [7, 11) is -3.59. The van der Waals surface area contributed by atoms with E-state index in [4.69, 9.17) is 0 Å². The Morgan fingerprint density at radius 2 is 2.04 bits per heavy atom. The SMILES string of the molecule is CSc1nc2ccc(NC(=O)c3cccc(S(=O)(=O)NC4CC4)c3)cc2s1. The molecule has 1 aliphatic carbocycles. The van der Waals surface area contributed by atoms with Gasteiger partial charge in [-0.25, -0.2) is 18.1 Å². The van der Waals surface area contributed by atoms with Crippen LogP contribution in [0.1, 0.15) is 23.2 Å². The van der Waals surface area contributed by atoms with E-state index < -0.39 is 10.0 Å². The van der Waals surface area contributed by atoms with Gasteiger partial charge in [0.1, 0.15) is 0 Å². The van der Waals surface area contributed by atoms with Crippen molar-refractivity contribution >= 4 is 54.9 Å². The summed E-state index contributed by atoms with van der Waals surface area (Å²) in [5, 5.41) is 2.83. The maximum absolute atomic E-state index is 12.6. The molecule has 1 amide bonds. The molecule has 140 valence electrons. The summed E-state index contributed by atoms with van der Waals surface area (Å²) in [6.45, 7) is 0. The van der Waals surface area contributed by atoms with Crippen molar-refractivity contribution in [1.82, 2.24) is 9.71 Å². The molecule has 0 atom stereocenters. The lowest BCUT2D eigenvalue weighted by atomic mass is 10.2. The molecule has 1 heterocycles. The predicted molar refractivity (Wildman–Crippen MR) is 109 cm³/mol. The molecule has 6 nitrogen and oxygen atoms in total. The zero-order valence-electron chi connectivity index (χ0n) is 14.4. The summed E-state index contributed by atoms with van der Waals surface area (Å²) >= 11 is 3.15. The van der Waals surface area contributed by atoms with Gasteiger partial charge in [0.2, 0.25) is 10.0 Å². The van der Waals surface area contributed by atoms with Crippen molar-refractivity contribution in [2.75, 3.05) is 11.6 Å². The van der Waals surface area contributed by atoms with E-state index in [0.717, 1.165) is 27.4 Å². The number of benzene rings is 2. The molecule has 1 aliphatic rings. The first kappa shape index (κ1) is 18.4. The topological polar surface area (TPSA) is 88.2 Å². The van der Waals surface area contributed by atoms with Crippen molar-refractivity contribution in [1.29, 1.82) is 0 Å². The summed E-state index contributed by atoms with van der Waals surface area (Å²) in [6.07, 6.45) is 3.69. The lowest BCUT2D eigenvalue weighted by molar-refractivity contribution is 0.102. The van der Waals surface area contributed by atoms with Crippen LogP contribution in [0.15, 0.2) is 51.7 Å². The molecule has 0 spiro atoms. The van der Waals surface area contributed by atoms with Gasteiger partial charge < -0.3 is 5.32 Å². The molecule has 27 heavy (non-hydrogen) atoms. The Hall–Kier alpha value is -1.94. The molecule has 0 bridgehead atoms. The maximum atomic E-state index is 12.6. The number of thiazole rings is 1. The lowest BCUT2D eigenvalue weighted by Gasteiger charge is -2.08. The smallest absolute Gasteiger partial charge is 0.255 e. The van der Waals surface area contributed by atoms with E-state index in [-0.39, 0.29) is 16.8 Å². The Morgan fingerprint density at radius 3 is 2.78 bits per heavy atom. The fraction of sp³-hybridized carbons (Fsp3) is 0.222. The number of rotatable bonds is 6. The Kier molecular flexibility index (Phi) is 4.94. The minimum Gasteiger partial charge on any atom is -0.322 e. The van der Waals surface area contributed by atoms with Gasteiger partial charge in [-0.15, -0.1) is 11.3 Å². The van der Waals surface area contributed by atoms with Crippen LogP contribution in [0.25, 0.3) is 10.2 Å². The van der Waals surface area contributed by atoms with E-state index in [9.17, 15) is 13.2 Å². The number of nitrogens with zero attached hydrogens (tertiary/aromatic N) is 1. The molecule has 0 unspecified atom stereocenters. The molecule has 2 aromatic carbocycles. The molecular formula is C18H17N3O3S3. The molecular weight excluding hydrogens is 402 g/mol.